The predicted octanol–water partition coefficient (Wildman–Crippen LogP) is 2.69. The Bertz CT molecular complexity index is 906. The number of benzene rings is 2. The number of nitrogens with zero attached hydrogens (tertiary/aromatic N) is 1. The van der Waals surface area contributed by atoms with E-state index in [4.69, 9.17) is 14.2 Å². The summed E-state index contributed by atoms with van der Waals surface area (Å²) < 4.78 is 15.4. The summed E-state index contributed by atoms with van der Waals surface area (Å²) in [6, 6.07) is 11.2. The van der Waals surface area contributed by atoms with E-state index in [0.29, 0.717) is 35.8 Å². The first-order valence-corrected chi connectivity index (χ1v) is 9.27. The van der Waals surface area contributed by atoms with E-state index in [9.17, 15) is 14.4 Å². The van der Waals surface area contributed by atoms with Crippen molar-refractivity contribution >= 4 is 23.5 Å². The maximum atomic E-state index is 12.3. The molecule has 0 saturated heterocycles. The normalized spacial score (nSPS) is 11.7. The Balaban J connectivity index is 1.51. The Morgan fingerprint density at radius 3 is 2.31 bits per heavy atom. The molecule has 0 bridgehead atoms. The van der Waals surface area contributed by atoms with E-state index in [1.807, 2.05) is 13.8 Å². The Morgan fingerprint density at radius 1 is 0.966 bits per heavy atom. The predicted molar refractivity (Wildman–Crippen MR) is 105 cm³/mol. The van der Waals surface area contributed by atoms with Crippen LogP contribution in [0.4, 0.5) is 5.69 Å². The highest BCUT2D eigenvalue weighted by atomic mass is 16.7. The summed E-state index contributed by atoms with van der Waals surface area (Å²) >= 11 is 0. The van der Waals surface area contributed by atoms with Gasteiger partial charge in [0.15, 0.2) is 18.1 Å². The second-order valence-electron chi connectivity index (χ2n) is 6.25. The summed E-state index contributed by atoms with van der Waals surface area (Å²) in [6.07, 6.45) is 0. The van der Waals surface area contributed by atoms with Crippen LogP contribution in [0.5, 0.6) is 11.5 Å². The number of rotatable bonds is 7. The number of anilines is 1. The van der Waals surface area contributed by atoms with Crippen molar-refractivity contribution in [3.05, 3.63) is 53.6 Å². The summed E-state index contributed by atoms with van der Waals surface area (Å²) in [6.45, 7) is 4.76. The average Bonchev–Trinajstić information content (AvgIpc) is 3.21. The second-order valence-corrected chi connectivity index (χ2v) is 6.25. The number of amides is 2. The van der Waals surface area contributed by atoms with Crippen molar-refractivity contribution in [3.63, 3.8) is 0 Å². The topological polar surface area (TPSA) is 94.2 Å². The highest BCUT2D eigenvalue weighted by molar-refractivity contribution is 5.97. The van der Waals surface area contributed by atoms with Crippen LogP contribution >= 0.6 is 0 Å². The largest absolute Gasteiger partial charge is 0.454 e. The summed E-state index contributed by atoms with van der Waals surface area (Å²) in [4.78, 5) is 38.1. The number of hydrogen-bond acceptors (Lipinski definition) is 6. The molecule has 29 heavy (non-hydrogen) atoms. The lowest BCUT2D eigenvalue weighted by Crippen LogP contribution is -2.30. The monoisotopic (exact) mass is 398 g/mol. The molecular weight excluding hydrogens is 376 g/mol. The number of ether oxygens (including phenoxy) is 3. The van der Waals surface area contributed by atoms with Gasteiger partial charge in [0, 0.05) is 24.3 Å². The Labute approximate surface area is 168 Å². The summed E-state index contributed by atoms with van der Waals surface area (Å²) in [5.74, 6) is -0.170. The third kappa shape index (κ3) is 4.84. The molecule has 1 aliphatic heterocycles. The van der Waals surface area contributed by atoms with Crippen molar-refractivity contribution in [1.29, 1.82) is 0 Å². The lowest BCUT2D eigenvalue weighted by Gasteiger charge is -2.18. The fraction of sp³-hybridized carbons (Fsp3) is 0.286. The summed E-state index contributed by atoms with van der Waals surface area (Å²) in [5, 5.41) is 2.63. The van der Waals surface area contributed by atoms with Gasteiger partial charge in [0.1, 0.15) is 0 Å². The van der Waals surface area contributed by atoms with Crippen molar-refractivity contribution in [2.75, 3.05) is 31.8 Å². The number of hydrogen-bond donors (Lipinski definition) is 1. The van der Waals surface area contributed by atoms with Gasteiger partial charge in [-0.2, -0.15) is 0 Å². The van der Waals surface area contributed by atoms with Gasteiger partial charge in [0.2, 0.25) is 6.79 Å². The van der Waals surface area contributed by atoms with Gasteiger partial charge >= 0.3 is 5.97 Å². The molecule has 0 aromatic heterocycles. The highest BCUT2D eigenvalue weighted by Gasteiger charge is 2.18. The Hall–Kier alpha value is -3.55. The van der Waals surface area contributed by atoms with Crippen LogP contribution in [0, 0.1) is 0 Å². The summed E-state index contributed by atoms with van der Waals surface area (Å²) in [7, 11) is 0. The van der Waals surface area contributed by atoms with Crippen LogP contribution in [0.2, 0.25) is 0 Å². The van der Waals surface area contributed by atoms with Crippen LogP contribution in [0.15, 0.2) is 42.5 Å². The van der Waals surface area contributed by atoms with E-state index in [2.05, 4.69) is 5.32 Å². The third-order valence-electron chi connectivity index (χ3n) is 4.41. The zero-order valence-electron chi connectivity index (χ0n) is 16.3. The molecule has 1 aliphatic rings. The molecule has 0 unspecified atom stereocenters. The first kappa shape index (κ1) is 20.2. The van der Waals surface area contributed by atoms with Gasteiger partial charge in [0.25, 0.3) is 11.8 Å². The molecule has 0 radical (unpaired) electrons. The molecule has 2 amide bonds. The molecule has 0 fully saturated rings. The van der Waals surface area contributed by atoms with Crippen LogP contribution in [-0.2, 0) is 9.53 Å². The molecule has 8 heteroatoms. The van der Waals surface area contributed by atoms with Gasteiger partial charge in [-0.3, -0.25) is 9.59 Å². The number of nitrogens with one attached hydrogen (secondary N) is 1. The maximum Gasteiger partial charge on any atom is 0.338 e. The lowest BCUT2D eigenvalue weighted by atomic mass is 10.1. The molecule has 2 aromatic carbocycles. The zero-order chi connectivity index (χ0) is 20.8. The highest BCUT2D eigenvalue weighted by Crippen LogP contribution is 2.32. The molecule has 152 valence electrons. The van der Waals surface area contributed by atoms with E-state index in [0.717, 1.165) is 0 Å². The molecule has 0 atom stereocenters. The van der Waals surface area contributed by atoms with E-state index >= 15 is 0 Å². The van der Waals surface area contributed by atoms with Crippen LogP contribution in [0.3, 0.4) is 0 Å². The molecule has 1 heterocycles. The molecule has 8 nitrogen and oxygen atoms in total. The SMILES string of the molecule is CCN(CC)C(=O)c1ccc(NC(=O)COC(=O)c2ccc3c(c2)OCO3)cc1. The van der Waals surface area contributed by atoms with E-state index in [-0.39, 0.29) is 18.3 Å². The minimum atomic E-state index is -0.640. The van der Waals surface area contributed by atoms with Crippen LogP contribution in [0.1, 0.15) is 34.6 Å². The van der Waals surface area contributed by atoms with E-state index in [1.165, 1.54) is 6.07 Å². The minimum absolute atomic E-state index is 0.0643. The quantitative estimate of drug-likeness (QED) is 0.721. The second kappa shape index (κ2) is 9.09. The van der Waals surface area contributed by atoms with Crippen LogP contribution in [-0.4, -0.2) is 49.2 Å². The first-order valence-electron chi connectivity index (χ1n) is 9.27. The Morgan fingerprint density at radius 2 is 1.62 bits per heavy atom. The maximum absolute atomic E-state index is 12.3. The first-order chi connectivity index (χ1) is 14.0. The van der Waals surface area contributed by atoms with Crippen molar-refractivity contribution in [2.45, 2.75) is 13.8 Å². The van der Waals surface area contributed by atoms with Crippen molar-refractivity contribution in [2.24, 2.45) is 0 Å². The van der Waals surface area contributed by atoms with Crippen molar-refractivity contribution < 1.29 is 28.6 Å². The molecule has 0 saturated carbocycles. The van der Waals surface area contributed by atoms with Crippen LogP contribution < -0.4 is 14.8 Å². The van der Waals surface area contributed by atoms with Crippen LogP contribution in [0.25, 0.3) is 0 Å². The van der Waals surface area contributed by atoms with Gasteiger partial charge in [-0.1, -0.05) is 0 Å². The van der Waals surface area contributed by atoms with Gasteiger partial charge in [-0.25, -0.2) is 4.79 Å². The van der Waals surface area contributed by atoms with E-state index < -0.39 is 18.5 Å². The third-order valence-corrected chi connectivity index (χ3v) is 4.41. The van der Waals surface area contributed by atoms with Gasteiger partial charge < -0.3 is 24.4 Å². The fourth-order valence-corrected chi connectivity index (χ4v) is 2.82. The number of carbonyl (C=O) groups is 3. The van der Waals surface area contributed by atoms with Gasteiger partial charge in [-0.05, 0) is 56.3 Å². The fourth-order valence-electron chi connectivity index (χ4n) is 2.82. The summed E-state index contributed by atoms with van der Waals surface area (Å²) in [5.41, 5.74) is 1.31. The Kier molecular flexibility index (Phi) is 6.33. The van der Waals surface area contributed by atoms with Gasteiger partial charge in [0.05, 0.1) is 5.56 Å². The molecular formula is C21H22N2O6. The number of carbonyl (C=O) groups excluding carboxylic acids is 3. The molecule has 3 rings (SSSR count). The van der Waals surface area contributed by atoms with Crippen molar-refractivity contribution in [1.82, 2.24) is 4.90 Å². The molecule has 0 spiro atoms. The van der Waals surface area contributed by atoms with Crippen molar-refractivity contribution in [3.8, 4) is 11.5 Å². The van der Waals surface area contributed by atoms with E-state index in [1.54, 1.807) is 41.3 Å². The molecule has 0 aliphatic carbocycles. The minimum Gasteiger partial charge on any atom is -0.454 e. The molecule has 2 aromatic rings. The lowest BCUT2D eigenvalue weighted by molar-refractivity contribution is -0.119. The smallest absolute Gasteiger partial charge is 0.338 e. The number of esters is 1. The molecule has 1 N–H and O–H groups in total. The zero-order valence-corrected chi connectivity index (χ0v) is 16.3. The standard InChI is InChI=1S/C21H22N2O6/c1-3-23(4-2)20(25)14-5-8-16(9-6-14)22-19(24)12-27-21(26)15-7-10-17-18(11-15)29-13-28-17/h5-11H,3-4,12-13H2,1-2H3,(H,22,24). The van der Waals surface area contributed by atoms with Gasteiger partial charge in [-0.15, -0.1) is 0 Å². The number of fused-ring (bicyclic) bond motifs is 1. The average molecular weight is 398 g/mol.